The second-order valence-electron chi connectivity index (χ2n) is 5.01. The Balaban J connectivity index is 2.11. The highest BCUT2D eigenvalue weighted by atomic mass is 35.5. The molecule has 0 bridgehead atoms. The Morgan fingerprint density at radius 3 is 2.64 bits per heavy atom. The molecule has 120 valence electrons. The summed E-state index contributed by atoms with van der Waals surface area (Å²) in [6.07, 6.45) is 5.77. The molecule has 0 aromatic carbocycles. The number of aromatic nitrogens is 2. The molecule has 0 radical (unpaired) electrons. The van der Waals surface area contributed by atoms with Gasteiger partial charge >= 0.3 is 0 Å². The van der Waals surface area contributed by atoms with Crippen LogP contribution in [0, 0.1) is 6.92 Å². The summed E-state index contributed by atoms with van der Waals surface area (Å²) >= 11 is 7.59. The molecule has 0 saturated carbocycles. The van der Waals surface area contributed by atoms with Crippen LogP contribution < -0.4 is 0 Å². The van der Waals surface area contributed by atoms with E-state index in [0.29, 0.717) is 24.0 Å². The van der Waals surface area contributed by atoms with Gasteiger partial charge in [-0.3, -0.25) is 19.3 Å². The van der Waals surface area contributed by atoms with Crippen molar-refractivity contribution in [2.24, 2.45) is 7.05 Å². The number of rotatable bonds is 4. The first-order valence-corrected chi connectivity index (χ1v) is 8.70. The Morgan fingerprint density at radius 2 is 2.05 bits per heavy atom. The molecule has 2 amide bonds. The van der Waals surface area contributed by atoms with Crippen molar-refractivity contribution in [3.63, 3.8) is 0 Å². The van der Waals surface area contributed by atoms with E-state index in [0.717, 1.165) is 17.7 Å². The molecule has 2 heterocycles. The Morgan fingerprint density at radius 1 is 1.36 bits per heavy atom. The number of nitrogens with zero attached hydrogens (tertiary/aromatic N) is 4. The SMILES string of the molecule is CSCC(=O)N1CCCN1C(=O)/C=C/c1c(C)nn(C)c1Cl. The number of hydrazine groups is 1. The maximum absolute atomic E-state index is 12.3. The lowest BCUT2D eigenvalue weighted by Gasteiger charge is -2.26. The number of aryl methyl sites for hydroxylation is 2. The highest BCUT2D eigenvalue weighted by Gasteiger charge is 2.29. The maximum Gasteiger partial charge on any atom is 0.265 e. The fraction of sp³-hybridized carbons (Fsp3) is 0.500. The van der Waals surface area contributed by atoms with Gasteiger partial charge in [-0.15, -0.1) is 0 Å². The molecule has 0 unspecified atom stereocenters. The summed E-state index contributed by atoms with van der Waals surface area (Å²) in [6.45, 7) is 2.98. The Bertz CT molecular complexity index is 614. The Labute approximate surface area is 139 Å². The minimum Gasteiger partial charge on any atom is -0.272 e. The molecule has 1 fully saturated rings. The zero-order valence-corrected chi connectivity index (χ0v) is 14.4. The van der Waals surface area contributed by atoms with Gasteiger partial charge in [0.15, 0.2) is 0 Å². The third kappa shape index (κ3) is 3.47. The first-order valence-electron chi connectivity index (χ1n) is 6.93. The van der Waals surface area contributed by atoms with Gasteiger partial charge in [0.1, 0.15) is 5.15 Å². The van der Waals surface area contributed by atoms with E-state index in [4.69, 9.17) is 11.6 Å². The lowest BCUT2D eigenvalue weighted by atomic mass is 10.2. The molecule has 8 heteroatoms. The molecular weight excluding hydrogens is 324 g/mol. The first kappa shape index (κ1) is 16.9. The van der Waals surface area contributed by atoms with Gasteiger partial charge in [-0.1, -0.05) is 11.6 Å². The van der Waals surface area contributed by atoms with E-state index in [1.165, 1.54) is 27.9 Å². The molecule has 0 spiro atoms. The minimum atomic E-state index is -0.216. The summed E-state index contributed by atoms with van der Waals surface area (Å²) in [5.74, 6) is 0.120. The maximum atomic E-state index is 12.3. The molecule has 2 rings (SSSR count). The molecule has 0 N–H and O–H groups in total. The largest absolute Gasteiger partial charge is 0.272 e. The van der Waals surface area contributed by atoms with Crippen LogP contribution in [0.1, 0.15) is 17.7 Å². The monoisotopic (exact) mass is 342 g/mol. The summed E-state index contributed by atoms with van der Waals surface area (Å²) < 4.78 is 1.56. The topological polar surface area (TPSA) is 58.4 Å². The van der Waals surface area contributed by atoms with Gasteiger partial charge in [0.25, 0.3) is 11.8 Å². The van der Waals surface area contributed by atoms with Gasteiger partial charge in [-0.2, -0.15) is 16.9 Å². The number of thioether (sulfide) groups is 1. The predicted octanol–water partition coefficient (Wildman–Crippen LogP) is 1.73. The van der Waals surface area contributed by atoms with Crippen LogP contribution in [-0.4, -0.2) is 56.7 Å². The molecule has 0 aliphatic carbocycles. The van der Waals surface area contributed by atoms with Crippen LogP contribution in [0.3, 0.4) is 0 Å². The van der Waals surface area contributed by atoms with E-state index in [2.05, 4.69) is 5.10 Å². The van der Waals surface area contributed by atoms with Gasteiger partial charge in [0.2, 0.25) is 0 Å². The van der Waals surface area contributed by atoms with Crippen molar-refractivity contribution in [1.29, 1.82) is 0 Å². The first-order chi connectivity index (χ1) is 10.5. The van der Waals surface area contributed by atoms with Crippen molar-refractivity contribution in [3.05, 3.63) is 22.5 Å². The summed E-state index contributed by atoms with van der Waals surface area (Å²) in [7, 11) is 1.75. The average Bonchev–Trinajstić information content (AvgIpc) is 3.04. The van der Waals surface area contributed by atoms with Gasteiger partial charge in [0, 0.05) is 31.8 Å². The third-order valence-corrected chi connectivity index (χ3v) is 4.41. The van der Waals surface area contributed by atoms with Crippen molar-refractivity contribution in [1.82, 2.24) is 19.8 Å². The molecule has 1 aliphatic rings. The van der Waals surface area contributed by atoms with Gasteiger partial charge in [-0.25, -0.2) is 5.01 Å². The molecular formula is C14H19ClN4O2S. The summed E-state index contributed by atoms with van der Waals surface area (Å²) in [4.78, 5) is 24.3. The summed E-state index contributed by atoms with van der Waals surface area (Å²) in [5.41, 5.74) is 1.48. The smallest absolute Gasteiger partial charge is 0.265 e. The van der Waals surface area contributed by atoms with E-state index in [1.807, 2.05) is 13.2 Å². The van der Waals surface area contributed by atoms with Crippen molar-refractivity contribution in [2.45, 2.75) is 13.3 Å². The zero-order chi connectivity index (χ0) is 16.3. The fourth-order valence-electron chi connectivity index (χ4n) is 2.37. The fourth-order valence-corrected chi connectivity index (χ4v) is 3.01. The predicted molar refractivity (Wildman–Crippen MR) is 88.4 cm³/mol. The van der Waals surface area contributed by atoms with Crippen molar-refractivity contribution < 1.29 is 9.59 Å². The molecule has 1 aromatic heterocycles. The second kappa shape index (κ2) is 7.19. The standard InChI is InChI=1S/C14H19ClN4O2S/c1-10-11(14(15)17(2)16-10)5-6-12(20)18-7-4-8-19(18)13(21)9-22-3/h5-6H,4,7-9H2,1-3H3/b6-5+. The van der Waals surface area contributed by atoms with Gasteiger partial charge in [0.05, 0.1) is 11.4 Å². The molecule has 1 saturated heterocycles. The van der Waals surface area contributed by atoms with Crippen LogP contribution in [0.4, 0.5) is 0 Å². The minimum absolute atomic E-state index is 0.0395. The summed E-state index contributed by atoms with van der Waals surface area (Å²) in [6, 6.07) is 0. The second-order valence-corrected chi connectivity index (χ2v) is 6.24. The Kier molecular flexibility index (Phi) is 5.52. The van der Waals surface area contributed by atoms with Crippen LogP contribution in [0.2, 0.25) is 5.15 Å². The molecule has 22 heavy (non-hydrogen) atoms. The number of hydrogen-bond acceptors (Lipinski definition) is 4. The van der Waals surface area contributed by atoms with E-state index in [1.54, 1.807) is 17.8 Å². The lowest BCUT2D eigenvalue weighted by Crippen LogP contribution is -2.44. The zero-order valence-electron chi connectivity index (χ0n) is 12.9. The molecule has 6 nitrogen and oxygen atoms in total. The van der Waals surface area contributed by atoms with Crippen LogP contribution in [0.5, 0.6) is 0 Å². The van der Waals surface area contributed by atoms with Gasteiger partial charge < -0.3 is 0 Å². The van der Waals surface area contributed by atoms with Crippen LogP contribution in [0.25, 0.3) is 6.08 Å². The van der Waals surface area contributed by atoms with E-state index < -0.39 is 0 Å². The highest BCUT2D eigenvalue weighted by molar-refractivity contribution is 7.99. The van der Waals surface area contributed by atoms with E-state index >= 15 is 0 Å². The molecule has 1 aliphatic heterocycles. The molecule has 1 aromatic rings. The van der Waals surface area contributed by atoms with Gasteiger partial charge in [-0.05, 0) is 25.7 Å². The third-order valence-electron chi connectivity index (χ3n) is 3.43. The Hall–Kier alpha value is -1.47. The van der Waals surface area contributed by atoms with Crippen molar-refractivity contribution in [2.75, 3.05) is 25.1 Å². The number of halogens is 1. The van der Waals surface area contributed by atoms with E-state index in [-0.39, 0.29) is 11.8 Å². The highest BCUT2D eigenvalue weighted by Crippen LogP contribution is 2.20. The van der Waals surface area contributed by atoms with Crippen LogP contribution >= 0.6 is 23.4 Å². The number of carbonyl (C=O) groups excluding carboxylic acids is 2. The van der Waals surface area contributed by atoms with Crippen LogP contribution in [-0.2, 0) is 16.6 Å². The quantitative estimate of drug-likeness (QED) is 0.782. The number of carbonyl (C=O) groups is 2. The van der Waals surface area contributed by atoms with E-state index in [9.17, 15) is 9.59 Å². The lowest BCUT2D eigenvalue weighted by molar-refractivity contribution is -0.152. The normalized spacial score (nSPS) is 15.1. The van der Waals surface area contributed by atoms with Crippen molar-refractivity contribution >= 4 is 41.3 Å². The number of amides is 2. The van der Waals surface area contributed by atoms with Crippen LogP contribution in [0.15, 0.2) is 6.08 Å². The van der Waals surface area contributed by atoms with Crippen molar-refractivity contribution in [3.8, 4) is 0 Å². The average molecular weight is 343 g/mol. The number of hydrogen-bond donors (Lipinski definition) is 0. The summed E-state index contributed by atoms with van der Waals surface area (Å²) in [5, 5.41) is 7.70. The molecule has 0 atom stereocenters.